The van der Waals surface area contributed by atoms with E-state index < -0.39 is 0 Å². The first-order chi connectivity index (χ1) is 10.2. The van der Waals surface area contributed by atoms with Crippen LogP contribution in [0.15, 0.2) is 24.3 Å². The van der Waals surface area contributed by atoms with Gasteiger partial charge in [-0.3, -0.25) is 4.79 Å². The summed E-state index contributed by atoms with van der Waals surface area (Å²) in [6.45, 7) is 4.39. The molecule has 0 aromatic heterocycles. The monoisotopic (exact) mass is 326 g/mol. The van der Waals surface area contributed by atoms with Crippen molar-refractivity contribution in [3.63, 3.8) is 0 Å². The van der Waals surface area contributed by atoms with Gasteiger partial charge in [-0.15, -0.1) is 12.4 Å². The Morgan fingerprint density at radius 1 is 1.32 bits per heavy atom. The second-order valence-electron chi connectivity index (χ2n) is 5.66. The van der Waals surface area contributed by atoms with E-state index in [0.29, 0.717) is 19.1 Å². The highest BCUT2D eigenvalue weighted by Gasteiger charge is 2.21. The van der Waals surface area contributed by atoms with Gasteiger partial charge in [0, 0.05) is 25.6 Å². The van der Waals surface area contributed by atoms with Gasteiger partial charge in [-0.2, -0.15) is 0 Å². The molecule has 0 unspecified atom stereocenters. The third-order valence-corrected chi connectivity index (χ3v) is 4.14. The predicted octanol–water partition coefficient (Wildman–Crippen LogP) is 2.79. The first kappa shape index (κ1) is 18.8. The van der Waals surface area contributed by atoms with E-state index in [4.69, 9.17) is 4.74 Å². The summed E-state index contributed by atoms with van der Waals surface area (Å²) in [6.07, 6.45) is 3.47. The molecule has 1 saturated heterocycles. The Kier molecular flexibility index (Phi) is 8.28. The lowest BCUT2D eigenvalue weighted by Gasteiger charge is -2.31. The first-order valence-corrected chi connectivity index (χ1v) is 7.84. The van der Waals surface area contributed by atoms with Crippen molar-refractivity contribution >= 4 is 18.3 Å². The largest absolute Gasteiger partial charge is 0.493 e. The van der Waals surface area contributed by atoms with Crippen LogP contribution < -0.4 is 10.1 Å². The molecule has 0 atom stereocenters. The Morgan fingerprint density at radius 3 is 2.64 bits per heavy atom. The molecule has 22 heavy (non-hydrogen) atoms. The third kappa shape index (κ3) is 5.50. The van der Waals surface area contributed by atoms with E-state index in [1.807, 2.05) is 43.1 Å². The molecular weight excluding hydrogens is 300 g/mol. The van der Waals surface area contributed by atoms with E-state index >= 15 is 0 Å². The fourth-order valence-electron chi connectivity index (χ4n) is 2.70. The highest BCUT2D eigenvalue weighted by Crippen LogP contribution is 2.17. The quantitative estimate of drug-likeness (QED) is 0.817. The van der Waals surface area contributed by atoms with Crippen molar-refractivity contribution in [2.24, 2.45) is 0 Å². The van der Waals surface area contributed by atoms with Crippen LogP contribution in [0, 0.1) is 6.92 Å². The van der Waals surface area contributed by atoms with Gasteiger partial charge < -0.3 is 15.0 Å². The molecule has 1 aromatic rings. The normalized spacial score (nSPS) is 15.3. The maximum absolute atomic E-state index is 12.1. The molecule has 5 heteroatoms. The molecule has 1 fully saturated rings. The van der Waals surface area contributed by atoms with Crippen molar-refractivity contribution < 1.29 is 9.53 Å². The van der Waals surface area contributed by atoms with Crippen LogP contribution in [0.25, 0.3) is 0 Å². The van der Waals surface area contributed by atoms with Gasteiger partial charge in [-0.1, -0.05) is 18.2 Å². The average molecular weight is 327 g/mol. The molecule has 0 radical (unpaired) electrons. The number of nitrogens with zero attached hydrogens (tertiary/aromatic N) is 1. The van der Waals surface area contributed by atoms with E-state index in [-0.39, 0.29) is 18.3 Å². The molecule has 0 aliphatic carbocycles. The van der Waals surface area contributed by atoms with Crippen LogP contribution in [-0.2, 0) is 4.79 Å². The van der Waals surface area contributed by atoms with Crippen LogP contribution in [-0.4, -0.2) is 43.6 Å². The molecule has 1 heterocycles. The van der Waals surface area contributed by atoms with Crippen LogP contribution in [0.4, 0.5) is 0 Å². The molecular formula is C17H27ClN2O2. The number of likely N-dealkylation sites (tertiary alicyclic amines) is 1. The number of ether oxygens (including phenoxy) is 1. The number of rotatable bonds is 6. The highest BCUT2D eigenvalue weighted by atomic mass is 35.5. The van der Waals surface area contributed by atoms with Gasteiger partial charge in [0.2, 0.25) is 5.91 Å². The number of piperidine rings is 1. The summed E-state index contributed by atoms with van der Waals surface area (Å²) in [5.41, 5.74) is 1.14. The zero-order valence-corrected chi connectivity index (χ0v) is 14.3. The van der Waals surface area contributed by atoms with Gasteiger partial charge in [0.1, 0.15) is 5.75 Å². The zero-order chi connectivity index (χ0) is 15.1. The molecule has 1 amide bonds. The van der Waals surface area contributed by atoms with E-state index in [1.54, 1.807) is 0 Å². The summed E-state index contributed by atoms with van der Waals surface area (Å²) in [4.78, 5) is 14.1. The number of carbonyl (C=O) groups is 1. The Balaban J connectivity index is 0.00000242. The number of para-hydroxylation sites is 1. The Bertz CT molecular complexity index is 460. The number of hydrogen-bond acceptors (Lipinski definition) is 3. The van der Waals surface area contributed by atoms with Gasteiger partial charge >= 0.3 is 0 Å². The van der Waals surface area contributed by atoms with Crippen LogP contribution in [0.1, 0.15) is 31.2 Å². The molecule has 0 bridgehead atoms. The van der Waals surface area contributed by atoms with Crippen molar-refractivity contribution in [2.75, 3.05) is 26.7 Å². The van der Waals surface area contributed by atoms with Gasteiger partial charge in [0.25, 0.3) is 0 Å². The van der Waals surface area contributed by atoms with Crippen molar-refractivity contribution in [3.8, 4) is 5.75 Å². The smallest absolute Gasteiger partial charge is 0.222 e. The molecule has 2 rings (SSSR count). The van der Waals surface area contributed by atoms with Crippen LogP contribution in [0.5, 0.6) is 5.75 Å². The topological polar surface area (TPSA) is 41.6 Å². The molecule has 0 saturated carbocycles. The second kappa shape index (κ2) is 9.70. The lowest BCUT2D eigenvalue weighted by atomic mass is 10.0. The van der Waals surface area contributed by atoms with Crippen LogP contribution >= 0.6 is 12.4 Å². The van der Waals surface area contributed by atoms with Gasteiger partial charge in [0.15, 0.2) is 0 Å². The second-order valence-corrected chi connectivity index (χ2v) is 5.66. The summed E-state index contributed by atoms with van der Waals surface area (Å²) >= 11 is 0. The van der Waals surface area contributed by atoms with Crippen LogP contribution in [0.3, 0.4) is 0 Å². The van der Waals surface area contributed by atoms with Crippen molar-refractivity contribution in [1.82, 2.24) is 10.2 Å². The average Bonchev–Trinajstić information content (AvgIpc) is 2.53. The molecule has 124 valence electrons. The van der Waals surface area contributed by atoms with E-state index in [9.17, 15) is 4.79 Å². The molecule has 1 aliphatic rings. The maximum atomic E-state index is 12.1. The number of benzene rings is 1. The number of hydrogen-bond donors (Lipinski definition) is 1. The van der Waals surface area contributed by atoms with Crippen molar-refractivity contribution in [1.29, 1.82) is 0 Å². The Hall–Kier alpha value is -1.26. The minimum absolute atomic E-state index is 0. The summed E-state index contributed by atoms with van der Waals surface area (Å²) < 4.78 is 5.73. The molecule has 1 aromatic carbocycles. The summed E-state index contributed by atoms with van der Waals surface area (Å²) in [7, 11) is 1.99. The summed E-state index contributed by atoms with van der Waals surface area (Å²) in [5, 5.41) is 3.28. The van der Waals surface area contributed by atoms with Gasteiger partial charge in [-0.05, 0) is 44.9 Å². The van der Waals surface area contributed by atoms with Crippen molar-refractivity contribution in [3.05, 3.63) is 29.8 Å². The zero-order valence-electron chi connectivity index (χ0n) is 13.5. The SMILES string of the molecule is CNC1CCN(C(=O)CCCOc2ccccc2C)CC1.Cl. The fraction of sp³-hybridized carbons (Fsp3) is 0.588. The predicted molar refractivity (Wildman–Crippen MR) is 91.8 cm³/mol. The number of aryl methyl sites for hydroxylation is 1. The highest BCUT2D eigenvalue weighted by molar-refractivity contribution is 5.85. The number of carbonyl (C=O) groups excluding carboxylic acids is 1. The van der Waals surface area contributed by atoms with Gasteiger partial charge in [-0.25, -0.2) is 0 Å². The third-order valence-electron chi connectivity index (χ3n) is 4.14. The lowest BCUT2D eigenvalue weighted by molar-refractivity contribution is -0.132. The van der Waals surface area contributed by atoms with E-state index in [2.05, 4.69) is 5.32 Å². The van der Waals surface area contributed by atoms with Crippen LogP contribution in [0.2, 0.25) is 0 Å². The Labute approximate surface area is 139 Å². The number of halogens is 1. The van der Waals surface area contributed by atoms with Crippen molar-refractivity contribution in [2.45, 2.75) is 38.6 Å². The molecule has 0 spiro atoms. The summed E-state index contributed by atoms with van der Waals surface area (Å²) in [6, 6.07) is 8.55. The van der Waals surface area contributed by atoms with E-state index in [1.165, 1.54) is 0 Å². The fourth-order valence-corrected chi connectivity index (χ4v) is 2.70. The Morgan fingerprint density at radius 2 is 2.00 bits per heavy atom. The summed E-state index contributed by atoms with van der Waals surface area (Å²) in [5.74, 6) is 1.18. The lowest BCUT2D eigenvalue weighted by Crippen LogP contribution is -2.43. The molecule has 4 nitrogen and oxygen atoms in total. The molecule has 1 aliphatic heterocycles. The number of amides is 1. The minimum Gasteiger partial charge on any atom is -0.493 e. The number of nitrogens with one attached hydrogen (secondary N) is 1. The standard InChI is InChI=1S/C17H26N2O2.ClH/c1-14-6-3-4-7-16(14)21-13-5-8-17(20)19-11-9-15(18-2)10-12-19;/h3-4,6-7,15,18H,5,8-13H2,1-2H3;1H. The van der Waals surface area contributed by atoms with E-state index in [0.717, 1.165) is 43.7 Å². The van der Waals surface area contributed by atoms with Gasteiger partial charge in [0.05, 0.1) is 6.61 Å². The first-order valence-electron chi connectivity index (χ1n) is 7.84. The minimum atomic E-state index is 0. The molecule has 1 N–H and O–H groups in total. The maximum Gasteiger partial charge on any atom is 0.222 e.